The Bertz CT molecular complexity index is 336. The van der Waals surface area contributed by atoms with Gasteiger partial charge in [-0.2, -0.15) is 0 Å². The number of carbonyl (C=O) groups is 1. The summed E-state index contributed by atoms with van der Waals surface area (Å²) in [6.07, 6.45) is 3.74. The van der Waals surface area contributed by atoms with Crippen molar-refractivity contribution >= 4 is 6.16 Å². The number of carboxylic acid groups (broad SMARTS) is 1. The summed E-state index contributed by atoms with van der Waals surface area (Å²) in [5, 5.41) is 8.30. The fraction of sp³-hybridized carbons (Fsp3) is 0. The quantitative estimate of drug-likeness (QED) is 0.388. The Balaban J connectivity index is 2.99. The van der Waals surface area contributed by atoms with Crippen LogP contribution in [0, 0.1) is 12.3 Å². The minimum Gasteiger partial charge on any atom is -0.449 e. The van der Waals surface area contributed by atoms with E-state index in [9.17, 15) is 4.79 Å². The van der Waals surface area contributed by atoms with Crippen LogP contribution in [0.2, 0.25) is 0 Å². The van der Waals surface area contributed by atoms with E-state index in [1.165, 1.54) is 6.07 Å². The Morgan fingerprint density at radius 3 is 2.75 bits per heavy atom. The molecule has 12 heavy (non-hydrogen) atoms. The van der Waals surface area contributed by atoms with E-state index in [-0.39, 0.29) is 5.75 Å². The topological polar surface area (TPSA) is 46.5 Å². The van der Waals surface area contributed by atoms with Crippen molar-refractivity contribution in [3.8, 4) is 18.1 Å². The maximum absolute atomic E-state index is 10.1. The average Bonchev–Trinajstić information content (AvgIpc) is 2.04. The van der Waals surface area contributed by atoms with Crippen LogP contribution in [0.4, 0.5) is 4.79 Å². The number of ether oxygens (including phenoxy) is 1. The maximum atomic E-state index is 10.1. The molecule has 0 saturated heterocycles. The third-order valence-corrected chi connectivity index (χ3v) is 1.24. The average molecular weight is 162 g/mol. The van der Waals surface area contributed by atoms with Crippen LogP contribution >= 0.6 is 0 Å². The molecule has 0 amide bonds. The minimum atomic E-state index is -1.36. The monoisotopic (exact) mass is 162 g/mol. The van der Waals surface area contributed by atoms with E-state index in [0.717, 1.165) is 0 Å². The maximum Gasteiger partial charge on any atom is 0.511 e. The summed E-state index contributed by atoms with van der Waals surface area (Å²) in [7, 11) is 0. The second-order valence-electron chi connectivity index (χ2n) is 2.01. The normalized spacial score (nSPS) is 8.58. The van der Waals surface area contributed by atoms with E-state index in [0.29, 0.717) is 5.56 Å². The Hall–Kier alpha value is -1.95. The van der Waals surface area contributed by atoms with Gasteiger partial charge in [-0.15, -0.1) is 6.42 Å². The lowest BCUT2D eigenvalue weighted by molar-refractivity contribution is 0.144. The minimum absolute atomic E-state index is 0.188. The second kappa shape index (κ2) is 3.44. The largest absolute Gasteiger partial charge is 0.511 e. The molecular formula is C9H6O3. The van der Waals surface area contributed by atoms with Gasteiger partial charge in [0.25, 0.3) is 0 Å². The molecule has 1 aromatic rings. The second-order valence-corrected chi connectivity index (χ2v) is 2.01. The van der Waals surface area contributed by atoms with Crippen molar-refractivity contribution in [1.29, 1.82) is 0 Å². The lowest BCUT2D eigenvalue weighted by Crippen LogP contribution is -2.03. The smallest absolute Gasteiger partial charge is 0.449 e. The first-order chi connectivity index (χ1) is 5.74. The number of benzene rings is 1. The first-order valence-corrected chi connectivity index (χ1v) is 3.20. The molecule has 0 spiro atoms. The van der Waals surface area contributed by atoms with Crippen molar-refractivity contribution in [3.63, 3.8) is 0 Å². The third-order valence-electron chi connectivity index (χ3n) is 1.24. The predicted octanol–water partition coefficient (Wildman–Crippen LogP) is 1.72. The molecule has 3 heteroatoms. The highest BCUT2D eigenvalue weighted by Gasteiger charge is 2.03. The lowest BCUT2D eigenvalue weighted by Gasteiger charge is -2.00. The fourth-order valence-corrected chi connectivity index (χ4v) is 0.769. The van der Waals surface area contributed by atoms with Gasteiger partial charge in [0.2, 0.25) is 0 Å². The molecule has 0 bridgehead atoms. The van der Waals surface area contributed by atoms with Gasteiger partial charge >= 0.3 is 6.16 Å². The van der Waals surface area contributed by atoms with Crippen LogP contribution in [0.15, 0.2) is 24.3 Å². The van der Waals surface area contributed by atoms with Crippen molar-refractivity contribution < 1.29 is 14.6 Å². The van der Waals surface area contributed by atoms with E-state index in [1.54, 1.807) is 18.2 Å². The number of para-hydroxylation sites is 1. The fourth-order valence-electron chi connectivity index (χ4n) is 0.769. The molecule has 1 rings (SSSR count). The van der Waals surface area contributed by atoms with E-state index >= 15 is 0 Å². The van der Waals surface area contributed by atoms with Crippen molar-refractivity contribution in [1.82, 2.24) is 0 Å². The molecule has 0 aliphatic carbocycles. The van der Waals surface area contributed by atoms with Gasteiger partial charge in [-0.25, -0.2) is 4.79 Å². The van der Waals surface area contributed by atoms with Gasteiger partial charge in [-0.1, -0.05) is 18.1 Å². The Labute approximate surface area is 69.6 Å². The molecule has 0 aromatic heterocycles. The molecule has 60 valence electrons. The summed E-state index contributed by atoms with van der Waals surface area (Å²) >= 11 is 0. The molecule has 0 saturated carbocycles. The standard InChI is InChI=1S/C9H6O3/c1-2-7-5-3-4-6-8(7)12-9(10)11/h1,3-6H,(H,10,11). The molecule has 0 radical (unpaired) electrons. The zero-order valence-electron chi connectivity index (χ0n) is 6.15. The molecular weight excluding hydrogens is 156 g/mol. The lowest BCUT2D eigenvalue weighted by atomic mass is 10.2. The van der Waals surface area contributed by atoms with Crippen LogP contribution in [-0.2, 0) is 0 Å². The van der Waals surface area contributed by atoms with Gasteiger partial charge in [0, 0.05) is 0 Å². The van der Waals surface area contributed by atoms with E-state index in [2.05, 4.69) is 10.7 Å². The third kappa shape index (κ3) is 1.77. The SMILES string of the molecule is C#Cc1ccccc1OC(=O)O. The number of terminal acetylenes is 1. The summed E-state index contributed by atoms with van der Waals surface area (Å²) in [4.78, 5) is 10.1. The molecule has 3 nitrogen and oxygen atoms in total. The van der Waals surface area contributed by atoms with Crippen molar-refractivity contribution in [2.75, 3.05) is 0 Å². The molecule has 0 heterocycles. The number of hydrogen-bond donors (Lipinski definition) is 1. The van der Waals surface area contributed by atoms with Crippen LogP contribution in [0.5, 0.6) is 5.75 Å². The highest BCUT2D eigenvalue weighted by Crippen LogP contribution is 2.16. The van der Waals surface area contributed by atoms with Crippen LogP contribution in [0.25, 0.3) is 0 Å². The van der Waals surface area contributed by atoms with Crippen LogP contribution in [0.3, 0.4) is 0 Å². The van der Waals surface area contributed by atoms with E-state index in [4.69, 9.17) is 11.5 Å². The molecule has 0 fully saturated rings. The van der Waals surface area contributed by atoms with Gasteiger partial charge in [0.05, 0.1) is 5.56 Å². The number of hydrogen-bond acceptors (Lipinski definition) is 2. The van der Waals surface area contributed by atoms with Gasteiger partial charge in [-0.3, -0.25) is 0 Å². The summed E-state index contributed by atoms with van der Waals surface area (Å²) < 4.78 is 4.41. The van der Waals surface area contributed by atoms with Gasteiger partial charge in [0.15, 0.2) is 0 Å². The summed E-state index contributed by atoms with van der Waals surface area (Å²) in [5.41, 5.74) is 0.430. The Kier molecular flexibility index (Phi) is 2.34. The Morgan fingerprint density at radius 1 is 1.50 bits per heavy atom. The molecule has 0 aliphatic rings. The van der Waals surface area contributed by atoms with E-state index < -0.39 is 6.16 Å². The molecule has 1 N–H and O–H groups in total. The Morgan fingerprint density at radius 2 is 2.17 bits per heavy atom. The summed E-state index contributed by atoms with van der Waals surface area (Å²) in [6, 6.07) is 6.48. The molecule has 0 unspecified atom stereocenters. The van der Waals surface area contributed by atoms with Crippen molar-refractivity contribution in [2.45, 2.75) is 0 Å². The number of rotatable bonds is 1. The molecule has 0 atom stereocenters. The van der Waals surface area contributed by atoms with Crippen LogP contribution in [0.1, 0.15) is 5.56 Å². The van der Waals surface area contributed by atoms with Crippen molar-refractivity contribution in [2.24, 2.45) is 0 Å². The first-order valence-electron chi connectivity index (χ1n) is 3.20. The zero-order valence-corrected chi connectivity index (χ0v) is 6.15. The van der Waals surface area contributed by atoms with Crippen LogP contribution < -0.4 is 4.74 Å². The zero-order chi connectivity index (χ0) is 8.97. The highest BCUT2D eigenvalue weighted by molar-refractivity contribution is 5.63. The van der Waals surface area contributed by atoms with Gasteiger partial charge in [0.1, 0.15) is 5.75 Å². The summed E-state index contributed by atoms with van der Waals surface area (Å²) in [6.45, 7) is 0. The molecule has 1 aromatic carbocycles. The molecule has 0 aliphatic heterocycles. The summed E-state index contributed by atoms with van der Waals surface area (Å²) in [5.74, 6) is 2.50. The van der Waals surface area contributed by atoms with Gasteiger partial charge < -0.3 is 9.84 Å². The first kappa shape index (κ1) is 8.15. The predicted molar refractivity (Wildman–Crippen MR) is 43.0 cm³/mol. The van der Waals surface area contributed by atoms with Crippen molar-refractivity contribution in [3.05, 3.63) is 29.8 Å². The van der Waals surface area contributed by atoms with E-state index in [1.807, 2.05) is 0 Å². The van der Waals surface area contributed by atoms with Crippen LogP contribution in [-0.4, -0.2) is 11.3 Å². The van der Waals surface area contributed by atoms with Gasteiger partial charge in [-0.05, 0) is 12.1 Å². The highest BCUT2D eigenvalue weighted by atomic mass is 16.7.